The Hall–Kier alpha value is -3.36. The van der Waals surface area contributed by atoms with E-state index in [1.54, 1.807) is 0 Å². The number of aliphatic imine (C=N–C) groups is 1. The molecule has 0 saturated carbocycles. The Kier molecular flexibility index (Phi) is 6.26. The van der Waals surface area contributed by atoms with E-state index in [0.717, 1.165) is 34.4 Å². The lowest BCUT2D eigenvalue weighted by atomic mass is 9.87. The summed E-state index contributed by atoms with van der Waals surface area (Å²) in [7, 11) is 1.84. The van der Waals surface area contributed by atoms with Crippen LogP contribution in [0, 0.1) is 5.92 Å². The van der Waals surface area contributed by atoms with Crippen molar-refractivity contribution < 1.29 is 22.6 Å². The molecule has 3 aromatic rings. The molecule has 0 atom stereocenters. The Balaban J connectivity index is 1.37. The number of nitrogens with zero attached hydrogens (tertiary/aromatic N) is 2. The van der Waals surface area contributed by atoms with Crippen molar-refractivity contribution in [2.45, 2.75) is 19.0 Å². The van der Waals surface area contributed by atoms with Crippen LogP contribution in [0.25, 0.3) is 0 Å². The number of anilines is 2. The third kappa shape index (κ3) is 4.83. The second kappa shape index (κ2) is 9.26. The molecule has 0 radical (unpaired) electrons. The molecule has 0 aliphatic carbocycles. The Labute approximate surface area is 212 Å². The molecule has 186 valence electrons. The van der Waals surface area contributed by atoms with Gasteiger partial charge in [0.05, 0.1) is 35.3 Å². The first-order valence-electron chi connectivity index (χ1n) is 11.7. The number of hydrogen-bond donors (Lipinski definition) is 2. The van der Waals surface area contributed by atoms with Crippen molar-refractivity contribution in [2.75, 3.05) is 25.5 Å². The maximum absolute atomic E-state index is 13.4. The van der Waals surface area contributed by atoms with Gasteiger partial charge in [0.25, 0.3) is 5.91 Å². The molecule has 1 fully saturated rings. The number of carbonyl (C=O) groups excluding carboxylic acids is 1. The smallest absolute Gasteiger partial charge is 0.353 e. The molecule has 36 heavy (non-hydrogen) atoms. The summed E-state index contributed by atoms with van der Waals surface area (Å²) in [6.07, 6.45) is -3.18. The van der Waals surface area contributed by atoms with Crippen LogP contribution in [-0.2, 0) is 6.18 Å². The van der Waals surface area contributed by atoms with Crippen LogP contribution in [0.3, 0.4) is 0 Å². The highest BCUT2D eigenvalue weighted by Crippen LogP contribution is 2.39. The zero-order valence-corrected chi connectivity index (χ0v) is 20.3. The predicted molar refractivity (Wildman–Crippen MR) is 135 cm³/mol. The first kappa shape index (κ1) is 24.3. The zero-order valence-electron chi connectivity index (χ0n) is 19.6. The SMILES string of the molecule is C[N+]1(NC(=O)c2ccccc2C(F)(F)F)CCC(C2=Nc3cc(Cl)ccc3Nc3ccccc32)CC1. The highest BCUT2D eigenvalue weighted by atomic mass is 35.5. The fraction of sp³-hybridized carbons (Fsp3) is 0.259. The third-order valence-electron chi connectivity index (χ3n) is 6.85. The van der Waals surface area contributed by atoms with Crippen LogP contribution in [0.4, 0.5) is 30.2 Å². The van der Waals surface area contributed by atoms with Gasteiger partial charge in [-0.2, -0.15) is 18.6 Å². The molecule has 2 N–H and O–H groups in total. The molecule has 0 spiro atoms. The number of fused-ring (bicyclic) bond motifs is 2. The van der Waals surface area contributed by atoms with Crippen molar-refractivity contribution in [1.29, 1.82) is 0 Å². The highest BCUT2D eigenvalue weighted by molar-refractivity contribution is 6.31. The van der Waals surface area contributed by atoms with Crippen molar-refractivity contribution in [1.82, 2.24) is 5.43 Å². The van der Waals surface area contributed by atoms with E-state index in [2.05, 4.69) is 10.7 Å². The molecular formula is C27H25ClF3N4O+. The van der Waals surface area contributed by atoms with Gasteiger partial charge < -0.3 is 5.32 Å². The Morgan fingerprint density at radius 3 is 2.47 bits per heavy atom. The second-order valence-corrected chi connectivity index (χ2v) is 9.87. The molecule has 1 amide bonds. The van der Waals surface area contributed by atoms with Gasteiger partial charge in [0, 0.05) is 35.0 Å². The Morgan fingerprint density at radius 2 is 1.72 bits per heavy atom. The average molecular weight is 514 g/mol. The van der Waals surface area contributed by atoms with Crippen molar-refractivity contribution in [3.8, 4) is 0 Å². The van der Waals surface area contributed by atoms with Gasteiger partial charge in [-0.05, 0) is 36.4 Å². The first-order chi connectivity index (χ1) is 17.1. The molecule has 5 rings (SSSR count). The number of amides is 1. The van der Waals surface area contributed by atoms with Gasteiger partial charge in [0.1, 0.15) is 13.1 Å². The molecule has 3 aromatic carbocycles. The zero-order chi connectivity index (χ0) is 25.5. The van der Waals surface area contributed by atoms with Crippen molar-refractivity contribution >= 4 is 40.3 Å². The number of para-hydroxylation sites is 1. The lowest BCUT2D eigenvalue weighted by Gasteiger charge is -2.40. The standard InChI is InChI=1S/C27H24ClF3N4O/c1-35(34-26(36)19-6-2-4-8-21(19)27(29,30)31)14-12-17(13-15-35)25-20-7-3-5-9-22(20)32-23-11-10-18(28)16-24(23)33-25/h2-11,16-17H,12-15H2,1H3,(H-,32,33,34,36)/p+1. The summed E-state index contributed by atoms with van der Waals surface area (Å²) in [5, 5.41) is 4.05. The largest absolute Gasteiger partial charge is 0.417 e. The van der Waals surface area contributed by atoms with Gasteiger partial charge in [-0.3, -0.25) is 9.79 Å². The Bertz CT molecular complexity index is 1350. The number of benzene rings is 3. The number of nitrogens with one attached hydrogen (secondary N) is 2. The van der Waals surface area contributed by atoms with Gasteiger partial charge in [-0.1, -0.05) is 41.9 Å². The maximum atomic E-state index is 13.4. The van der Waals surface area contributed by atoms with Crippen LogP contribution < -0.4 is 10.7 Å². The van der Waals surface area contributed by atoms with Crippen molar-refractivity contribution in [3.63, 3.8) is 0 Å². The summed E-state index contributed by atoms with van der Waals surface area (Å²) in [4.78, 5) is 17.9. The van der Waals surface area contributed by atoms with E-state index in [1.807, 2.05) is 49.5 Å². The molecule has 2 aliphatic heterocycles. The fourth-order valence-corrected chi connectivity index (χ4v) is 5.09. The number of alkyl halides is 3. The molecule has 1 saturated heterocycles. The van der Waals surface area contributed by atoms with Crippen LogP contribution in [0.15, 0.2) is 71.7 Å². The number of rotatable bonds is 3. The molecular weight excluding hydrogens is 489 g/mol. The number of quaternary nitrogens is 1. The van der Waals surface area contributed by atoms with Crippen LogP contribution in [0.1, 0.15) is 34.3 Å². The van der Waals surface area contributed by atoms with E-state index in [9.17, 15) is 18.0 Å². The van der Waals surface area contributed by atoms with Crippen LogP contribution in [0.5, 0.6) is 0 Å². The summed E-state index contributed by atoms with van der Waals surface area (Å²) in [5.41, 5.74) is 6.07. The summed E-state index contributed by atoms with van der Waals surface area (Å²) in [5.74, 6) is -0.614. The first-order valence-corrected chi connectivity index (χ1v) is 12.1. The van der Waals surface area contributed by atoms with E-state index >= 15 is 0 Å². The van der Waals surface area contributed by atoms with E-state index < -0.39 is 17.6 Å². The molecule has 0 aromatic heterocycles. The molecule has 0 unspecified atom stereocenters. The quantitative estimate of drug-likeness (QED) is 0.381. The summed E-state index contributed by atoms with van der Waals surface area (Å²) in [6.45, 7) is 1.11. The lowest BCUT2D eigenvalue weighted by Crippen LogP contribution is -2.61. The number of halogens is 4. The molecule has 2 aliphatic rings. The minimum Gasteiger partial charge on any atom is -0.353 e. The monoisotopic (exact) mass is 513 g/mol. The summed E-state index contributed by atoms with van der Waals surface area (Å²) in [6, 6.07) is 18.4. The number of hydrogen-bond acceptors (Lipinski definition) is 3. The van der Waals surface area contributed by atoms with Gasteiger partial charge in [-0.15, -0.1) is 0 Å². The van der Waals surface area contributed by atoms with Gasteiger partial charge >= 0.3 is 6.18 Å². The van der Waals surface area contributed by atoms with Gasteiger partial charge in [-0.25, -0.2) is 4.59 Å². The molecule has 0 bridgehead atoms. The van der Waals surface area contributed by atoms with E-state index in [0.29, 0.717) is 31.0 Å². The third-order valence-corrected chi connectivity index (χ3v) is 7.09. The molecule has 2 heterocycles. The lowest BCUT2D eigenvalue weighted by molar-refractivity contribution is -0.947. The number of piperidine rings is 1. The van der Waals surface area contributed by atoms with E-state index in [-0.39, 0.29) is 16.1 Å². The maximum Gasteiger partial charge on any atom is 0.417 e. The fourth-order valence-electron chi connectivity index (χ4n) is 4.92. The minimum atomic E-state index is -4.60. The molecule has 9 heteroatoms. The Morgan fingerprint density at radius 1 is 1.03 bits per heavy atom. The number of carbonyl (C=O) groups is 1. The summed E-state index contributed by atoms with van der Waals surface area (Å²) >= 11 is 6.24. The van der Waals surface area contributed by atoms with Crippen LogP contribution in [0.2, 0.25) is 5.02 Å². The minimum absolute atomic E-state index is 0.114. The van der Waals surface area contributed by atoms with Crippen LogP contribution in [-0.4, -0.2) is 36.3 Å². The molecule has 5 nitrogen and oxygen atoms in total. The van der Waals surface area contributed by atoms with E-state index in [4.69, 9.17) is 16.6 Å². The van der Waals surface area contributed by atoms with Gasteiger partial charge in [0.2, 0.25) is 0 Å². The topological polar surface area (TPSA) is 53.5 Å². The average Bonchev–Trinajstić information content (AvgIpc) is 3.00. The van der Waals surface area contributed by atoms with Crippen molar-refractivity contribution in [2.24, 2.45) is 10.9 Å². The second-order valence-electron chi connectivity index (χ2n) is 9.43. The van der Waals surface area contributed by atoms with Crippen LogP contribution >= 0.6 is 11.6 Å². The van der Waals surface area contributed by atoms with Crippen molar-refractivity contribution in [3.05, 3.63) is 88.4 Å². The predicted octanol–water partition coefficient (Wildman–Crippen LogP) is 6.74. The van der Waals surface area contributed by atoms with E-state index in [1.165, 1.54) is 18.2 Å². The highest BCUT2D eigenvalue weighted by Gasteiger charge is 2.39. The normalized spacial score (nSPS) is 21.4. The number of likely N-dealkylation sites (tertiary alicyclic amines) is 1. The summed E-state index contributed by atoms with van der Waals surface area (Å²) < 4.78 is 40.4. The van der Waals surface area contributed by atoms with Gasteiger partial charge in [0.15, 0.2) is 0 Å².